The Kier molecular flexibility index (Phi) is 5.25. The highest BCUT2D eigenvalue weighted by molar-refractivity contribution is 7.84. The molecule has 88 valence electrons. The van der Waals surface area contributed by atoms with Gasteiger partial charge in [0.05, 0.1) is 0 Å². The van der Waals surface area contributed by atoms with Crippen molar-refractivity contribution in [1.82, 2.24) is 10.6 Å². The SMILES string of the molecule is CC(CNC(=O)CC1CCNC1)S(C)=O. The topological polar surface area (TPSA) is 58.2 Å². The maximum Gasteiger partial charge on any atom is 0.220 e. The lowest BCUT2D eigenvalue weighted by atomic mass is 10.0. The molecule has 1 saturated heterocycles. The molecule has 0 radical (unpaired) electrons. The first kappa shape index (κ1) is 12.6. The minimum atomic E-state index is -0.858. The van der Waals surface area contributed by atoms with Gasteiger partial charge in [0.1, 0.15) is 0 Å². The van der Waals surface area contributed by atoms with Gasteiger partial charge >= 0.3 is 0 Å². The maximum absolute atomic E-state index is 11.5. The Labute approximate surface area is 93.7 Å². The van der Waals surface area contributed by atoms with Crippen molar-refractivity contribution < 1.29 is 9.00 Å². The van der Waals surface area contributed by atoms with Gasteiger partial charge in [-0.25, -0.2) is 0 Å². The first-order valence-electron chi connectivity index (χ1n) is 5.39. The van der Waals surface area contributed by atoms with Crippen LogP contribution >= 0.6 is 0 Å². The quantitative estimate of drug-likeness (QED) is 0.694. The molecule has 0 aromatic heterocycles. The van der Waals surface area contributed by atoms with E-state index in [1.165, 1.54) is 0 Å². The summed E-state index contributed by atoms with van der Waals surface area (Å²) in [5.74, 6) is 0.563. The second kappa shape index (κ2) is 6.23. The van der Waals surface area contributed by atoms with Crippen molar-refractivity contribution in [2.24, 2.45) is 5.92 Å². The fourth-order valence-corrected chi connectivity index (χ4v) is 1.92. The predicted octanol–water partition coefficient (Wildman–Crippen LogP) is -0.131. The highest BCUT2D eigenvalue weighted by atomic mass is 32.2. The molecule has 0 spiro atoms. The fourth-order valence-electron chi connectivity index (χ4n) is 1.60. The number of nitrogens with one attached hydrogen (secondary N) is 2. The fraction of sp³-hybridized carbons (Fsp3) is 0.900. The number of rotatable bonds is 5. The normalized spacial score (nSPS) is 24.8. The molecule has 0 aromatic rings. The number of hydrogen-bond acceptors (Lipinski definition) is 3. The molecule has 0 saturated carbocycles. The average molecular weight is 232 g/mol. The zero-order chi connectivity index (χ0) is 11.3. The third-order valence-electron chi connectivity index (χ3n) is 2.79. The van der Waals surface area contributed by atoms with Crippen molar-refractivity contribution in [1.29, 1.82) is 0 Å². The molecule has 1 rings (SSSR count). The van der Waals surface area contributed by atoms with Crippen LogP contribution in [0, 0.1) is 5.92 Å². The van der Waals surface area contributed by atoms with E-state index in [4.69, 9.17) is 0 Å². The Morgan fingerprint density at radius 1 is 1.67 bits per heavy atom. The molecule has 0 aliphatic carbocycles. The van der Waals surface area contributed by atoms with E-state index in [9.17, 15) is 9.00 Å². The molecule has 1 amide bonds. The first-order valence-corrected chi connectivity index (χ1v) is 7.01. The van der Waals surface area contributed by atoms with Crippen LogP contribution in [-0.4, -0.2) is 41.3 Å². The van der Waals surface area contributed by atoms with Gasteiger partial charge in [0.25, 0.3) is 0 Å². The Hall–Kier alpha value is -0.420. The minimum Gasteiger partial charge on any atom is -0.355 e. The van der Waals surface area contributed by atoms with Crippen molar-refractivity contribution in [2.45, 2.75) is 25.0 Å². The number of amides is 1. The molecular weight excluding hydrogens is 212 g/mol. The third-order valence-corrected chi connectivity index (χ3v) is 4.09. The van der Waals surface area contributed by atoms with E-state index in [2.05, 4.69) is 10.6 Å². The molecule has 1 aliphatic rings. The van der Waals surface area contributed by atoms with E-state index in [1.54, 1.807) is 6.26 Å². The van der Waals surface area contributed by atoms with Crippen molar-refractivity contribution in [3.05, 3.63) is 0 Å². The molecule has 4 nitrogen and oxygen atoms in total. The van der Waals surface area contributed by atoms with Gasteiger partial charge in [-0.1, -0.05) is 0 Å². The lowest BCUT2D eigenvalue weighted by molar-refractivity contribution is -0.121. The molecule has 1 aliphatic heterocycles. The van der Waals surface area contributed by atoms with Crippen LogP contribution in [-0.2, 0) is 15.6 Å². The zero-order valence-corrected chi connectivity index (χ0v) is 10.2. The van der Waals surface area contributed by atoms with Gasteiger partial charge in [-0.05, 0) is 32.4 Å². The largest absolute Gasteiger partial charge is 0.355 e. The van der Waals surface area contributed by atoms with Crippen LogP contribution < -0.4 is 10.6 Å². The molecule has 2 N–H and O–H groups in total. The summed E-state index contributed by atoms with van der Waals surface area (Å²) < 4.78 is 11.1. The highest BCUT2D eigenvalue weighted by Crippen LogP contribution is 2.11. The number of hydrogen-bond donors (Lipinski definition) is 2. The summed E-state index contributed by atoms with van der Waals surface area (Å²) in [7, 11) is -0.858. The predicted molar refractivity (Wildman–Crippen MR) is 62.1 cm³/mol. The maximum atomic E-state index is 11.5. The summed E-state index contributed by atoms with van der Waals surface area (Å²) in [4.78, 5) is 11.5. The summed E-state index contributed by atoms with van der Waals surface area (Å²) >= 11 is 0. The van der Waals surface area contributed by atoms with Crippen LogP contribution in [0.25, 0.3) is 0 Å². The van der Waals surface area contributed by atoms with Crippen LogP contribution in [0.1, 0.15) is 19.8 Å². The van der Waals surface area contributed by atoms with Crippen LogP contribution in [0.5, 0.6) is 0 Å². The third kappa shape index (κ3) is 4.75. The molecular formula is C10H20N2O2S. The van der Waals surface area contributed by atoms with Gasteiger partial charge in [-0.15, -0.1) is 0 Å². The van der Waals surface area contributed by atoms with Crippen molar-refractivity contribution in [3.8, 4) is 0 Å². The minimum absolute atomic E-state index is 0.0376. The van der Waals surface area contributed by atoms with Gasteiger partial charge in [-0.3, -0.25) is 9.00 Å². The lowest BCUT2D eigenvalue weighted by Gasteiger charge is -2.12. The Balaban J connectivity index is 2.15. The van der Waals surface area contributed by atoms with Crippen LogP contribution in [0.15, 0.2) is 0 Å². The molecule has 5 heteroatoms. The van der Waals surface area contributed by atoms with Crippen LogP contribution in [0.4, 0.5) is 0 Å². The van der Waals surface area contributed by atoms with Crippen molar-refractivity contribution in [3.63, 3.8) is 0 Å². The van der Waals surface area contributed by atoms with Gasteiger partial charge in [0, 0.05) is 35.3 Å². The second-order valence-corrected chi connectivity index (χ2v) is 5.98. The number of carbonyl (C=O) groups excluding carboxylic acids is 1. The van der Waals surface area contributed by atoms with Crippen molar-refractivity contribution >= 4 is 16.7 Å². The van der Waals surface area contributed by atoms with E-state index in [1.807, 2.05) is 6.92 Å². The van der Waals surface area contributed by atoms with Crippen LogP contribution in [0.2, 0.25) is 0 Å². The van der Waals surface area contributed by atoms with Gasteiger partial charge in [-0.2, -0.15) is 0 Å². The number of carbonyl (C=O) groups is 1. The monoisotopic (exact) mass is 232 g/mol. The smallest absolute Gasteiger partial charge is 0.220 e. The molecule has 1 fully saturated rings. The second-order valence-electron chi connectivity index (χ2n) is 4.18. The van der Waals surface area contributed by atoms with E-state index >= 15 is 0 Å². The van der Waals surface area contributed by atoms with Gasteiger partial charge < -0.3 is 10.6 Å². The van der Waals surface area contributed by atoms with E-state index in [0.29, 0.717) is 18.9 Å². The zero-order valence-electron chi connectivity index (χ0n) is 9.41. The van der Waals surface area contributed by atoms with Gasteiger partial charge in [0.15, 0.2) is 0 Å². The first-order chi connectivity index (χ1) is 7.09. The summed E-state index contributed by atoms with van der Waals surface area (Å²) in [6.45, 7) is 4.37. The molecule has 0 bridgehead atoms. The highest BCUT2D eigenvalue weighted by Gasteiger charge is 2.18. The molecule has 0 aromatic carbocycles. The molecule has 3 unspecified atom stereocenters. The Morgan fingerprint density at radius 3 is 2.93 bits per heavy atom. The van der Waals surface area contributed by atoms with E-state index in [-0.39, 0.29) is 11.2 Å². The molecule has 1 heterocycles. The Morgan fingerprint density at radius 2 is 2.40 bits per heavy atom. The van der Waals surface area contributed by atoms with Crippen molar-refractivity contribution in [2.75, 3.05) is 25.9 Å². The lowest BCUT2D eigenvalue weighted by Crippen LogP contribution is -2.33. The Bertz CT molecular complexity index is 240. The molecule has 3 atom stereocenters. The van der Waals surface area contributed by atoms with E-state index < -0.39 is 10.8 Å². The summed E-state index contributed by atoms with van der Waals surface area (Å²) in [5.41, 5.74) is 0. The average Bonchev–Trinajstić information content (AvgIpc) is 2.66. The standard InChI is InChI=1S/C10H20N2O2S/c1-8(15(2)14)6-12-10(13)5-9-3-4-11-7-9/h8-9,11H,3-7H2,1-2H3,(H,12,13). The van der Waals surface area contributed by atoms with E-state index in [0.717, 1.165) is 19.5 Å². The molecule has 15 heavy (non-hydrogen) atoms. The van der Waals surface area contributed by atoms with Crippen LogP contribution in [0.3, 0.4) is 0 Å². The summed E-state index contributed by atoms with van der Waals surface area (Å²) in [6.07, 6.45) is 3.34. The van der Waals surface area contributed by atoms with Gasteiger partial charge in [0.2, 0.25) is 5.91 Å². The summed E-state index contributed by atoms with van der Waals surface area (Å²) in [5, 5.41) is 6.10. The summed E-state index contributed by atoms with van der Waals surface area (Å²) in [6, 6.07) is 0.